The van der Waals surface area contributed by atoms with Crippen LogP contribution < -0.4 is 20.9 Å². The van der Waals surface area contributed by atoms with Gasteiger partial charge in [-0.1, -0.05) is 12.1 Å². The number of nitrogens with zero attached hydrogens (tertiary/aromatic N) is 6. The van der Waals surface area contributed by atoms with E-state index >= 15 is 0 Å². The largest absolute Gasteiger partial charge is 0.495 e. The number of benzene rings is 1. The number of hydrogen-bond acceptors (Lipinski definition) is 8. The molecule has 0 aliphatic carbocycles. The van der Waals surface area contributed by atoms with Crippen LogP contribution in [-0.4, -0.2) is 68.8 Å². The number of H-pyrrole nitrogens is 1. The standard InChI is InChI=1S/C25H23N7O4/c1-36-21-5-3-2-4-20(21)32-24(34)18(16-27-25(32)35)23(33)31-14-12-30(13-15-31)22-7-6-19(28-29-22)17-8-10-26-11-9-17/h2-11,16H,12-15H2,1H3,(H,27,35). The Bertz CT molecular complexity index is 1490. The van der Waals surface area contributed by atoms with Crippen molar-refractivity contribution in [1.29, 1.82) is 0 Å². The molecule has 1 aliphatic rings. The Morgan fingerprint density at radius 2 is 1.69 bits per heavy atom. The van der Waals surface area contributed by atoms with Crippen molar-refractivity contribution in [3.05, 3.63) is 93.5 Å². The summed E-state index contributed by atoms with van der Waals surface area (Å²) in [6.45, 7) is 1.83. The van der Waals surface area contributed by atoms with Gasteiger partial charge in [0.05, 0.1) is 18.5 Å². The molecule has 1 amide bonds. The van der Waals surface area contributed by atoms with Gasteiger partial charge in [-0.25, -0.2) is 9.36 Å². The fourth-order valence-corrected chi connectivity index (χ4v) is 4.14. The molecule has 11 heteroatoms. The number of hydrogen-bond donors (Lipinski definition) is 1. The van der Waals surface area contributed by atoms with Crippen LogP contribution in [0.15, 0.2) is 76.7 Å². The van der Waals surface area contributed by atoms with Crippen LogP contribution in [0.3, 0.4) is 0 Å². The third-order valence-electron chi connectivity index (χ3n) is 6.05. The van der Waals surface area contributed by atoms with Gasteiger partial charge in [0.25, 0.3) is 11.5 Å². The van der Waals surface area contributed by atoms with Crippen LogP contribution >= 0.6 is 0 Å². The van der Waals surface area contributed by atoms with Crippen molar-refractivity contribution in [3.8, 4) is 22.7 Å². The first kappa shape index (κ1) is 23.0. The van der Waals surface area contributed by atoms with E-state index in [1.54, 1.807) is 41.6 Å². The molecule has 11 nitrogen and oxygen atoms in total. The van der Waals surface area contributed by atoms with Crippen molar-refractivity contribution in [2.75, 3.05) is 38.2 Å². The normalized spacial score (nSPS) is 13.5. The number of aromatic amines is 1. The second-order valence-electron chi connectivity index (χ2n) is 8.11. The summed E-state index contributed by atoms with van der Waals surface area (Å²) in [7, 11) is 1.45. The highest BCUT2D eigenvalue weighted by molar-refractivity contribution is 5.93. The van der Waals surface area contributed by atoms with Gasteiger partial charge in [0.1, 0.15) is 11.3 Å². The molecular formula is C25H23N7O4. The highest BCUT2D eigenvalue weighted by Crippen LogP contribution is 2.20. The first-order chi connectivity index (χ1) is 17.6. The molecule has 4 heterocycles. The zero-order chi connectivity index (χ0) is 25.1. The minimum atomic E-state index is -0.701. The number of anilines is 1. The fraction of sp³-hybridized carbons (Fsp3) is 0.200. The maximum Gasteiger partial charge on any atom is 0.333 e. The van der Waals surface area contributed by atoms with Crippen LogP contribution in [0, 0.1) is 0 Å². The van der Waals surface area contributed by atoms with Crippen molar-refractivity contribution in [3.63, 3.8) is 0 Å². The number of amides is 1. The van der Waals surface area contributed by atoms with Crippen molar-refractivity contribution < 1.29 is 9.53 Å². The molecule has 1 fully saturated rings. The summed E-state index contributed by atoms with van der Waals surface area (Å²) in [5, 5.41) is 8.65. The summed E-state index contributed by atoms with van der Waals surface area (Å²) in [5.74, 6) is 0.612. The number of pyridine rings is 1. The first-order valence-electron chi connectivity index (χ1n) is 11.3. The van der Waals surface area contributed by atoms with Crippen molar-refractivity contribution in [2.24, 2.45) is 0 Å². The number of ether oxygens (including phenoxy) is 1. The fourth-order valence-electron chi connectivity index (χ4n) is 4.14. The van der Waals surface area contributed by atoms with Gasteiger partial charge in [-0.2, -0.15) is 0 Å². The Hall–Kier alpha value is -4.80. The second kappa shape index (κ2) is 9.82. The van der Waals surface area contributed by atoms with Gasteiger partial charge in [-0.3, -0.25) is 14.6 Å². The van der Waals surface area contributed by atoms with Gasteiger partial charge in [0.15, 0.2) is 5.82 Å². The summed E-state index contributed by atoms with van der Waals surface area (Å²) in [6, 6.07) is 14.2. The quantitative estimate of drug-likeness (QED) is 0.449. The highest BCUT2D eigenvalue weighted by atomic mass is 16.5. The smallest absolute Gasteiger partial charge is 0.333 e. The van der Waals surface area contributed by atoms with E-state index < -0.39 is 17.2 Å². The first-order valence-corrected chi connectivity index (χ1v) is 11.3. The molecule has 0 atom stereocenters. The maximum atomic E-state index is 13.2. The lowest BCUT2D eigenvalue weighted by Crippen LogP contribution is -2.50. The molecule has 0 unspecified atom stereocenters. The molecule has 1 aliphatic heterocycles. The molecular weight excluding hydrogens is 462 g/mol. The summed E-state index contributed by atoms with van der Waals surface area (Å²) in [5.41, 5.74) is 0.473. The van der Waals surface area contributed by atoms with E-state index in [1.165, 1.54) is 13.3 Å². The molecule has 1 aromatic carbocycles. The SMILES string of the molecule is COc1ccccc1-n1c(=O)[nH]cc(C(=O)N2CCN(c3ccc(-c4ccncc4)nn3)CC2)c1=O. The number of piperazine rings is 1. The zero-order valence-electron chi connectivity index (χ0n) is 19.5. The molecule has 182 valence electrons. The highest BCUT2D eigenvalue weighted by Gasteiger charge is 2.26. The van der Waals surface area contributed by atoms with Crippen molar-refractivity contribution >= 4 is 11.7 Å². The lowest BCUT2D eigenvalue weighted by Gasteiger charge is -2.35. The number of para-hydroxylation sites is 2. The van der Waals surface area contributed by atoms with Gasteiger partial charge in [0.2, 0.25) is 0 Å². The maximum absolute atomic E-state index is 13.2. The third-order valence-corrected chi connectivity index (χ3v) is 6.05. The average Bonchev–Trinajstić information content (AvgIpc) is 2.94. The van der Waals surface area contributed by atoms with Gasteiger partial charge in [-0.05, 0) is 36.4 Å². The summed E-state index contributed by atoms with van der Waals surface area (Å²) >= 11 is 0. The Morgan fingerprint density at radius 1 is 0.944 bits per heavy atom. The summed E-state index contributed by atoms with van der Waals surface area (Å²) in [4.78, 5) is 49.0. The molecule has 0 bridgehead atoms. The minimum absolute atomic E-state index is 0.115. The van der Waals surface area contributed by atoms with E-state index in [9.17, 15) is 14.4 Å². The van der Waals surface area contributed by atoms with Crippen molar-refractivity contribution in [1.82, 2.24) is 29.6 Å². The topological polar surface area (TPSA) is 126 Å². The molecule has 3 aromatic heterocycles. The van der Waals surface area contributed by atoms with Gasteiger partial charge in [-0.15, -0.1) is 10.2 Å². The van der Waals surface area contributed by atoms with E-state index in [0.717, 1.165) is 15.8 Å². The second-order valence-corrected chi connectivity index (χ2v) is 8.11. The molecule has 0 radical (unpaired) electrons. The Morgan fingerprint density at radius 3 is 2.39 bits per heavy atom. The molecule has 36 heavy (non-hydrogen) atoms. The van der Waals surface area contributed by atoms with Crippen LogP contribution in [0.25, 0.3) is 16.9 Å². The van der Waals surface area contributed by atoms with Crippen LogP contribution in [0.2, 0.25) is 0 Å². The van der Waals surface area contributed by atoms with Crippen molar-refractivity contribution in [2.45, 2.75) is 0 Å². The van der Waals surface area contributed by atoms with E-state index in [0.29, 0.717) is 37.7 Å². The number of carbonyl (C=O) groups is 1. The molecule has 1 N–H and O–H groups in total. The number of aromatic nitrogens is 5. The lowest BCUT2D eigenvalue weighted by atomic mass is 10.2. The van der Waals surface area contributed by atoms with Crippen LogP contribution in [-0.2, 0) is 0 Å². The van der Waals surface area contributed by atoms with Gasteiger partial charge >= 0.3 is 5.69 Å². The predicted octanol–water partition coefficient (Wildman–Crippen LogP) is 1.35. The summed E-state index contributed by atoms with van der Waals surface area (Å²) < 4.78 is 6.20. The van der Waals surface area contributed by atoms with Crippen LogP contribution in [0.1, 0.15) is 10.4 Å². The molecule has 4 aromatic rings. The summed E-state index contributed by atoms with van der Waals surface area (Å²) in [6.07, 6.45) is 4.58. The molecule has 0 saturated carbocycles. The van der Waals surface area contributed by atoms with Gasteiger partial charge in [0, 0.05) is 50.3 Å². The number of rotatable bonds is 5. The number of methoxy groups -OCH3 is 1. The Kier molecular flexibility index (Phi) is 6.27. The molecule has 0 spiro atoms. The van der Waals surface area contributed by atoms with E-state index in [-0.39, 0.29) is 11.3 Å². The van der Waals surface area contributed by atoms with E-state index in [2.05, 4.69) is 20.2 Å². The molecule has 5 rings (SSSR count). The predicted molar refractivity (Wildman–Crippen MR) is 133 cm³/mol. The van der Waals surface area contributed by atoms with E-state index in [4.69, 9.17) is 4.74 Å². The molecule has 1 saturated heterocycles. The third kappa shape index (κ3) is 4.33. The zero-order valence-corrected chi connectivity index (χ0v) is 19.5. The number of carbonyl (C=O) groups excluding carboxylic acids is 1. The monoisotopic (exact) mass is 485 g/mol. The van der Waals surface area contributed by atoms with Crippen LogP contribution in [0.5, 0.6) is 5.75 Å². The average molecular weight is 486 g/mol. The van der Waals surface area contributed by atoms with E-state index in [1.807, 2.05) is 29.2 Å². The lowest BCUT2D eigenvalue weighted by molar-refractivity contribution is 0.0743. The van der Waals surface area contributed by atoms with Gasteiger partial charge < -0.3 is 19.5 Å². The Balaban J connectivity index is 1.32. The van der Waals surface area contributed by atoms with Crippen LogP contribution in [0.4, 0.5) is 5.82 Å². The minimum Gasteiger partial charge on any atom is -0.495 e. The number of nitrogens with one attached hydrogen (secondary N) is 1. The Labute approximate surface area is 205 Å².